The van der Waals surface area contributed by atoms with Gasteiger partial charge in [-0.05, 0) is 11.6 Å². The maximum atomic E-state index is 11.3. The Bertz CT molecular complexity index is 576. The van der Waals surface area contributed by atoms with Gasteiger partial charge in [0.05, 0.1) is 11.6 Å². The average Bonchev–Trinajstić information content (AvgIpc) is 2.77. The fourth-order valence-electron chi connectivity index (χ4n) is 1.88. The Kier molecular flexibility index (Phi) is 2.71. The average molecular weight is 272 g/mol. The second kappa shape index (κ2) is 4.23. The van der Waals surface area contributed by atoms with E-state index in [0.29, 0.717) is 17.2 Å². The molecule has 17 heavy (non-hydrogen) atoms. The van der Waals surface area contributed by atoms with Crippen molar-refractivity contribution < 1.29 is 4.21 Å². The maximum Gasteiger partial charge on any atom is 0.226 e. The van der Waals surface area contributed by atoms with Crippen LogP contribution in [0.3, 0.4) is 0 Å². The molecule has 0 atom stereocenters. The van der Waals surface area contributed by atoms with Crippen LogP contribution in [-0.4, -0.2) is 49.0 Å². The van der Waals surface area contributed by atoms with Crippen LogP contribution in [0.1, 0.15) is 0 Å². The molecule has 1 aliphatic heterocycles. The third kappa shape index (κ3) is 2.00. The van der Waals surface area contributed by atoms with Crippen LogP contribution < -0.4 is 4.90 Å². The lowest BCUT2D eigenvalue weighted by Crippen LogP contribution is -2.38. The zero-order valence-corrected chi connectivity index (χ0v) is 10.5. The number of aromatic nitrogens is 4. The molecular formula is C9H10ClN5OS. The minimum absolute atomic E-state index is 0.198. The molecule has 0 aliphatic carbocycles. The third-order valence-electron chi connectivity index (χ3n) is 2.74. The standard InChI is InChI=1S/C9H10ClN5OS/c10-9-12-7-6(5-11-14-7)8(13-9)15-1-3-17(16)4-2-15/h5H,1-4H2,(H,11,12,13,14). The molecule has 6 nitrogen and oxygen atoms in total. The number of nitrogens with zero attached hydrogens (tertiary/aromatic N) is 4. The van der Waals surface area contributed by atoms with E-state index in [2.05, 4.69) is 25.1 Å². The monoisotopic (exact) mass is 271 g/mol. The highest BCUT2D eigenvalue weighted by atomic mass is 35.5. The minimum Gasteiger partial charge on any atom is -0.354 e. The molecule has 0 aromatic carbocycles. The van der Waals surface area contributed by atoms with Gasteiger partial charge in [-0.1, -0.05) is 0 Å². The first-order valence-corrected chi connectivity index (χ1v) is 7.07. The van der Waals surface area contributed by atoms with E-state index in [1.165, 1.54) is 0 Å². The van der Waals surface area contributed by atoms with Gasteiger partial charge in [0.1, 0.15) is 5.82 Å². The Morgan fingerprint density at radius 3 is 2.88 bits per heavy atom. The largest absolute Gasteiger partial charge is 0.354 e. The van der Waals surface area contributed by atoms with Crippen molar-refractivity contribution in [1.82, 2.24) is 20.2 Å². The van der Waals surface area contributed by atoms with Crippen molar-refractivity contribution in [3.05, 3.63) is 11.5 Å². The molecule has 2 aromatic heterocycles. The normalized spacial score (nSPS) is 17.8. The Balaban J connectivity index is 2.04. The summed E-state index contributed by atoms with van der Waals surface area (Å²) in [5.74, 6) is 2.10. The topological polar surface area (TPSA) is 74.8 Å². The van der Waals surface area contributed by atoms with Gasteiger partial charge in [-0.15, -0.1) is 0 Å². The van der Waals surface area contributed by atoms with Crippen LogP contribution in [0, 0.1) is 0 Å². The number of H-pyrrole nitrogens is 1. The van der Waals surface area contributed by atoms with Crippen molar-refractivity contribution in [3.8, 4) is 0 Å². The van der Waals surface area contributed by atoms with Gasteiger partial charge in [0.15, 0.2) is 5.65 Å². The van der Waals surface area contributed by atoms with E-state index in [1.807, 2.05) is 0 Å². The lowest BCUT2D eigenvalue weighted by Gasteiger charge is -2.27. The lowest BCUT2D eigenvalue weighted by molar-refractivity contribution is 0.672. The van der Waals surface area contributed by atoms with Crippen molar-refractivity contribution in [3.63, 3.8) is 0 Å². The summed E-state index contributed by atoms with van der Waals surface area (Å²) in [4.78, 5) is 10.4. The number of hydrogen-bond acceptors (Lipinski definition) is 5. The molecule has 0 bridgehead atoms. The second-order valence-corrected chi connectivity index (χ2v) is 5.82. The number of aromatic amines is 1. The molecule has 90 valence electrons. The van der Waals surface area contributed by atoms with Crippen molar-refractivity contribution in [2.24, 2.45) is 0 Å². The van der Waals surface area contributed by atoms with Crippen LogP contribution in [0.15, 0.2) is 6.20 Å². The zero-order valence-electron chi connectivity index (χ0n) is 8.89. The van der Waals surface area contributed by atoms with Gasteiger partial charge >= 0.3 is 0 Å². The highest BCUT2D eigenvalue weighted by Crippen LogP contribution is 2.24. The highest BCUT2D eigenvalue weighted by Gasteiger charge is 2.20. The van der Waals surface area contributed by atoms with Crippen molar-refractivity contribution in [1.29, 1.82) is 0 Å². The van der Waals surface area contributed by atoms with Gasteiger partial charge in [0, 0.05) is 35.4 Å². The van der Waals surface area contributed by atoms with E-state index in [1.54, 1.807) is 6.20 Å². The van der Waals surface area contributed by atoms with Gasteiger partial charge in [0.25, 0.3) is 0 Å². The second-order valence-electron chi connectivity index (χ2n) is 3.78. The first-order chi connectivity index (χ1) is 8.24. The number of rotatable bonds is 1. The summed E-state index contributed by atoms with van der Waals surface area (Å²) >= 11 is 5.87. The van der Waals surface area contributed by atoms with Crippen LogP contribution in [0.2, 0.25) is 5.28 Å². The Labute approximate surface area is 105 Å². The van der Waals surface area contributed by atoms with E-state index in [0.717, 1.165) is 24.3 Å². The van der Waals surface area contributed by atoms with Gasteiger partial charge in [-0.25, -0.2) is 0 Å². The molecule has 0 radical (unpaired) electrons. The number of hydrogen-bond donors (Lipinski definition) is 1. The molecule has 3 rings (SSSR count). The van der Waals surface area contributed by atoms with E-state index < -0.39 is 10.8 Å². The van der Waals surface area contributed by atoms with Gasteiger partial charge in [-0.2, -0.15) is 15.1 Å². The Morgan fingerprint density at radius 1 is 1.35 bits per heavy atom. The molecule has 1 saturated heterocycles. The van der Waals surface area contributed by atoms with Gasteiger partial charge in [0.2, 0.25) is 5.28 Å². The van der Waals surface area contributed by atoms with Gasteiger partial charge in [-0.3, -0.25) is 9.31 Å². The van der Waals surface area contributed by atoms with E-state index in [9.17, 15) is 4.21 Å². The minimum atomic E-state index is -0.706. The van der Waals surface area contributed by atoms with E-state index >= 15 is 0 Å². The molecule has 3 heterocycles. The molecule has 1 aliphatic rings. The quantitative estimate of drug-likeness (QED) is 0.768. The molecule has 0 amide bonds. The van der Waals surface area contributed by atoms with Crippen LogP contribution >= 0.6 is 11.6 Å². The maximum absolute atomic E-state index is 11.3. The molecule has 1 N–H and O–H groups in total. The van der Waals surface area contributed by atoms with Gasteiger partial charge < -0.3 is 4.90 Å². The number of fused-ring (bicyclic) bond motifs is 1. The smallest absolute Gasteiger partial charge is 0.226 e. The first-order valence-electron chi connectivity index (χ1n) is 5.20. The van der Waals surface area contributed by atoms with Crippen molar-refractivity contribution in [2.45, 2.75) is 0 Å². The van der Waals surface area contributed by atoms with Crippen LogP contribution in [0.25, 0.3) is 11.0 Å². The van der Waals surface area contributed by atoms with E-state index in [4.69, 9.17) is 11.6 Å². The zero-order chi connectivity index (χ0) is 11.8. The summed E-state index contributed by atoms with van der Waals surface area (Å²) in [6.07, 6.45) is 1.69. The summed E-state index contributed by atoms with van der Waals surface area (Å²) in [6, 6.07) is 0. The molecular weight excluding hydrogens is 262 g/mol. The highest BCUT2D eigenvalue weighted by molar-refractivity contribution is 7.85. The predicted octanol–water partition coefficient (Wildman–Crippen LogP) is 0.575. The molecule has 0 spiro atoms. The fraction of sp³-hybridized carbons (Fsp3) is 0.444. The van der Waals surface area contributed by atoms with Crippen molar-refractivity contribution >= 4 is 39.3 Å². The summed E-state index contributed by atoms with van der Waals surface area (Å²) in [6.45, 7) is 1.44. The Morgan fingerprint density at radius 2 is 2.12 bits per heavy atom. The molecule has 2 aromatic rings. The lowest BCUT2D eigenvalue weighted by atomic mass is 10.3. The summed E-state index contributed by atoms with van der Waals surface area (Å²) in [5, 5.41) is 7.76. The number of halogens is 1. The molecule has 8 heteroatoms. The first kappa shape index (κ1) is 10.9. The summed E-state index contributed by atoms with van der Waals surface area (Å²) < 4.78 is 11.3. The van der Waals surface area contributed by atoms with Crippen LogP contribution in [0.4, 0.5) is 5.82 Å². The third-order valence-corrected chi connectivity index (χ3v) is 4.18. The summed E-state index contributed by atoms with van der Waals surface area (Å²) in [5.41, 5.74) is 0.631. The predicted molar refractivity (Wildman–Crippen MR) is 66.8 cm³/mol. The molecule has 1 fully saturated rings. The fourth-order valence-corrected chi connectivity index (χ4v) is 3.10. The Hall–Kier alpha value is -1.21. The van der Waals surface area contributed by atoms with Crippen LogP contribution in [0.5, 0.6) is 0 Å². The molecule has 0 saturated carbocycles. The SMILES string of the molecule is O=S1CCN(c2nc(Cl)nc3[nH]ncc23)CC1. The molecule has 0 unspecified atom stereocenters. The van der Waals surface area contributed by atoms with Crippen molar-refractivity contribution in [2.75, 3.05) is 29.5 Å². The number of anilines is 1. The van der Waals surface area contributed by atoms with E-state index in [-0.39, 0.29) is 5.28 Å². The van der Waals surface area contributed by atoms with Crippen LogP contribution in [-0.2, 0) is 10.8 Å². The summed E-state index contributed by atoms with van der Waals surface area (Å²) in [7, 11) is -0.706. The number of nitrogens with one attached hydrogen (secondary N) is 1.